The van der Waals surface area contributed by atoms with E-state index in [1.165, 1.54) is 16.8 Å². The summed E-state index contributed by atoms with van der Waals surface area (Å²) in [5, 5.41) is 9.90. The van der Waals surface area contributed by atoms with Gasteiger partial charge in [-0.05, 0) is 65.1 Å². The number of rotatable bonds is 8. The maximum atomic E-state index is 13.0. The number of amides is 1. The highest BCUT2D eigenvalue weighted by Crippen LogP contribution is 2.29. The summed E-state index contributed by atoms with van der Waals surface area (Å²) in [6.45, 7) is 11.6. The molecule has 2 fully saturated rings. The summed E-state index contributed by atoms with van der Waals surface area (Å²) in [6, 6.07) is 8.62. The van der Waals surface area contributed by atoms with Gasteiger partial charge in [0.1, 0.15) is 0 Å². The summed E-state index contributed by atoms with van der Waals surface area (Å²) in [4.78, 5) is 19.8. The fourth-order valence-corrected chi connectivity index (χ4v) is 4.35. The molecule has 1 N–H and O–H groups in total. The molecule has 166 valence electrons. The topological polar surface area (TPSA) is 47.0 Å². The third-order valence-corrected chi connectivity index (χ3v) is 6.50. The zero-order valence-corrected chi connectivity index (χ0v) is 19.2. The van der Waals surface area contributed by atoms with E-state index in [0.717, 1.165) is 58.4 Å². The summed E-state index contributed by atoms with van der Waals surface area (Å²) < 4.78 is 0. The highest BCUT2D eigenvalue weighted by molar-refractivity contribution is 5.81. The molecule has 0 unspecified atom stereocenters. The van der Waals surface area contributed by atoms with E-state index in [9.17, 15) is 9.90 Å². The SMILES string of the molecule is C/C(=C\CN1CC[C@H](Cc2ccccc2N2CCN(C)CC2)C1=O)CCC(C)(C)O. The van der Waals surface area contributed by atoms with Gasteiger partial charge in [0.05, 0.1) is 5.60 Å². The first kappa shape index (κ1) is 22.8. The van der Waals surface area contributed by atoms with Crippen molar-refractivity contribution in [2.24, 2.45) is 5.92 Å². The Morgan fingerprint density at radius 3 is 2.57 bits per heavy atom. The van der Waals surface area contributed by atoms with Gasteiger partial charge in [0, 0.05) is 50.9 Å². The molecule has 0 aromatic heterocycles. The highest BCUT2D eigenvalue weighted by Gasteiger charge is 2.32. The molecule has 1 aromatic carbocycles. The van der Waals surface area contributed by atoms with Crippen LogP contribution in [0.3, 0.4) is 0 Å². The minimum absolute atomic E-state index is 0.0868. The van der Waals surface area contributed by atoms with Crippen molar-refractivity contribution < 1.29 is 9.90 Å². The van der Waals surface area contributed by atoms with Gasteiger partial charge < -0.3 is 19.8 Å². The Balaban J connectivity index is 1.57. The minimum atomic E-state index is -0.638. The molecular formula is C25H39N3O2. The van der Waals surface area contributed by atoms with Crippen LogP contribution in [0, 0.1) is 5.92 Å². The molecule has 1 amide bonds. The molecule has 1 atom stereocenters. The number of aliphatic hydroxyl groups is 1. The molecule has 2 heterocycles. The van der Waals surface area contributed by atoms with Crippen molar-refractivity contribution in [3.8, 4) is 0 Å². The molecule has 3 rings (SSSR count). The Morgan fingerprint density at radius 1 is 1.17 bits per heavy atom. The van der Waals surface area contributed by atoms with Crippen molar-refractivity contribution in [1.29, 1.82) is 0 Å². The average Bonchev–Trinajstić information content (AvgIpc) is 3.05. The Labute approximate surface area is 182 Å². The molecule has 5 heteroatoms. The number of likely N-dealkylation sites (N-methyl/N-ethyl adjacent to an activating group) is 1. The molecule has 30 heavy (non-hydrogen) atoms. The van der Waals surface area contributed by atoms with Crippen LogP contribution in [0.15, 0.2) is 35.9 Å². The first-order valence-corrected chi connectivity index (χ1v) is 11.4. The largest absolute Gasteiger partial charge is 0.390 e. The molecule has 0 radical (unpaired) electrons. The third-order valence-electron chi connectivity index (χ3n) is 6.50. The number of hydrogen-bond acceptors (Lipinski definition) is 4. The van der Waals surface area contributed by atoms with Crippen molar-refractivity contribution in [3.05, 3.63) is 41.5 Å². The van der Waals surface area contributed by atoms with Gasteiger partial charge in [0.2, 0.25) is 5.91 Å². The van der Waals surface area contributed by atoms with E-state index < -0.39 is 5.60 Å². The Hall–Kier alpha value is -1.85. The van der Waals surface area contributed by atoms with Crippen LogP contribution in [0.1, 0.15) is 45.6 Å². The number of nitrogens with zero attached hydrogens (tertiary/aromatic N) is 3. The molecule has 5 nitrogen and oxygen atoms in total. The van der Waals surface area contributed by atoms with Crippen molar-refractivity contribution >= 4 is 11.6 Å². The first-order valence-electron chi connectivity index (χ1n) is 11.4. The van der Waals surface area contributed by atoms with Gasteiger partial charge in [0.25, 0.3) is 0 Å². The quantitative estimate of drug-likeness (QED) is 0.664. The van der Waals surface area contributed by atoms with Crippen LogP contribution < -0.4 is 4.90 Å². The Bertz CT molecular complexity index is 745. The van der Waals surface area contributed by atoms with Gasteiger partial charge in [-0.3, -0.25) is 4.79 Å². The second kappa shape index (κ2) is 9.97. The van der Waals surface area contributed by atoms with Crippen LogP contribution >= 0.6 is 0 Å². The first-order chi connectivity index (χ1) is 14.2. The van der Waals surface area contributed by atoms with Crippen molar-refractivity contribution in [2.75, 3.05) is 51.2 Å². The monoisotopic (exact) mass is 413 g/mol. The molecular weight excluding hydrogens is 374 g/mol. The fourth-order valence-electron chi connectivity index (χ4n) is 4.35. The zero-order chi connectivity index (χ0) is 21.7. The summed E-state index contributed by atoms with van der Waals surface area (Å²) in [5.74, 6) is 0.374. The molecule has 0 spiro atoms. The van der Waals surface area contributed by atoms with E-state index in [2.05, 4.69) is 54.1 Å². The summed E-state index contributed by atoms with van der Waals surface area (Å²) in [7, 11) is 2.18. The van der Waals surface area contributed by atoms with E-state index in [4.69, 9.17) is 0 Å². The predicted octanol–water partition coefficient (Wildman–Crippen LogP) is 3.33. The smallest absolute Gasteiger partial charge is 0.226 e. The van der Waals surface area contributed by atoms with Crippen LogP contribution in [-0.4, -0.2) is 72.7 Å². The van der Waals surface area contributed by atoms with Gasteiger partial charge >= 0.3 is 0 Å². The lowest BCUT2D eigenvalue weighted by Gasteiger charge is -2.35. The zero-order valence-electron chi connectivity index (χ0n) is 19.2. The average molecular weight is 414 g/mol. The van der Waals surface area contributed by atoms with Crippen LogP contribution in [0.4, 0.5) is 5.69 Å². The summed E-state index contributed by atoms with van der Waals surface area (Å²) in [6.07, 6.45) is 5.54. The maximum absolute atomic E-state index is 13.0. The minimum Gasteiger partial charge on any atom is -0.390 e. The predicted molar refractivity (Wildman–Crippen MR) is 124 cm³/mol. The Kier molecular flexibility index (Phi) is 7.59. The molecule has 0 saturated carbocycles. The summed E-state index contributed by atoms with van der Waals surface area (Å²) >= 11 is 0. The van der Waals surface area contributed by atoms with Gasteiger partial charge in [-0.2, -0.15) is 0 Å². The van der Waals surface area contributed by atoms with Crippen LogP contribution in [0.25, 0.3) is 0 Å². The van der Waals surface area contributed by atoms with Crippen LogP contribution in [0.2, 0.25) is 0 Å². The van der Waals surface area contributed by atoms with Crippen molar-refractivity contribution in [1.82, 2.24) is 9.80 Å². The number of piperazine rings is 1. The standard InChI is InChI=1S/C25H39N3O2/c1-20(9-12-25(2,3)30)10-13-28-14-11-22(24(28)29)19-21-7-5-6-8-23(21)27-17-15-26(4)16-18-27/h5-8,10,22,30H,9,11-19H2,1-4H3/b20-10+/t22-/m1/s1. The molecule has 0 aliphatic carbocycles. The number of benzene rings is 1. The molecule has 1 aromatic rings. The van der Waals surface area contributed by atoms with E-state index >= 15 is 0 Å². The second-order valence-electron chi connectivity index (χ2n) is 9.76. The lowest BCUT2D eigenvalue weighted by atomic mass is 9.96. The van der Waals surface area contributed by atoms with E-state index in [-0.39, 0.29) is 11.8 Å². The third kappa shape index (κ3) is 6.32. The Morgan fingerprint density at radius 2 is 1.87 bits per heavy atom. The molecule has 2 aliphatic heterocycles. The summed E-state index contributed by atoms with van der Waals surface area (Å²) in [5.41, 5.74) is 3.22. The lowest BCUT2D eigenvalue weighted by molar-refractivity contribution is -0.130. The fraction of sp³-hybridized carbons (Fsp3) is 0.640. The van der Waals surface area contributed by atoms with Crippen molar-refractivity contribution in [2.45, 2.75) is 52.1 Å². The number of carbonyl (C=O) groups is 1. The number of anilines is 1. The van der Waals surface area contributed by atoms with E-state index in [1.54, 1.807) is 0 Å². The number of para-hydroxylation sites is 1. The van der Waals surface area contributed by atoms with Crippen LogP contribution in [0.5, 0.6) is 0 Å². The second-order valence-corrected chi connectivity index (χ2v) is 9.76. The number of carbonyl (C=O) groups excluding carboxylic acids is 1. The van der Waals surface area contributed by atoms with E-state index in [0.29, 0.717) is 6.54 Å². The number of likely N-dealkylation sites (tertiary alicyclic amines) is 1. The van der Waals surface area contributed by atoms with Crippen LogP contribution in [-0.2, 0) is 11.2 Å². The lowest BCUT2D eigenvalue weighted by Crippen LogP contribution is -2.44. The van der Waals surface area contributed by atoms with E-state index in [1.807, 2.05) is 18.7 Å². The van der Waals surface area contributed by atoms with Crippen molar-refractivity contribution in [3.63, 3.8) is 0 Å². The highest BCUT2D eigenvalue weighted by atomic mass is 16.3. The number of hydrogen-bond donors (Lipinski definition) is 1. The van der Waals surface area contributed by atoms with Gasteiger partial charge in [-0.25, -0.2) is 0 Å². The molecule has 2 saturated heterocycles. The number of allylic oxidation sites excluding steroid dienone is 1. The van der Waals surface area contributed by atoms with Gasteiger partial charge in [-0.1, -0.05) is 29.8 Å². The molecule has 0 bridgehead atoms. The normalized spacial score (nSPS) is 21.6. The van der Waals surface area contributed by atoms with Gasteiger partial charge in [-0.15, -0.1) is 0 Å². The molecule has 2 aliphatic rings. The van der Waals surface area contributed by atoms with Gasteiger partial charge in [0.15, 0.2) is 0 Å². The maximum Gasteiger partial charge on any atom is 0.226 e.